The Morgan fingerprint density at radius 2 is 1.68 bits per heavy atom. The van der Waals surface area contributed by atoms with E-state index in [0.29, 0.717) is 5.41 Å². The van der Waals surface area contributed by atoms with Crippen LogP contribution in [0.2, 0.25) is 0 Å². The first-order valence-electron chi connectivity index (χ1n) is 8.18. The fraction of sp³-hybridized carbons (Fsp3) is 1.00. The maximum atomic E-state index is 3.73. The van der Waals surface area contributed by atoms with Crippen LogP contribution in [0.1, 0.15) is 67.2 Å². The van der Waals surface area contributed by atoms with Crippen LogP contribution in [0, 0.1) is 11.3 Å². The Morgan fingerprint density at radius 3 is 2.05 bits per heavy atom. The van der Waals surface area contributed by atoms with Gasteiger partial charge < -0.3 is 10.2 Å². The van der Waals surface area contributed by atoms with Crippen molar-refractivity contribution in [3.05, 3.63) is 0 Å². The minimum Gasteiger partial charge on any atom is -0.311 e. The van der Waals surface area contributed by atoms with Crippen molar-refractivity contribution in [2.45, 2.75) is 78.8 Å². The fourth-order valence-electron chi connectivity index (χ4n) is 2.84. The number of nitrogens with zero attached hydrogens (tertiary/aromatic N) is 1. The van der Waals surface area contributed by atoms with Crippen molar-refractivity contribution in [2.75, 3.05) is 20.1 Å². The van der Waals surface area contributed by atoms with Gasteiger partial charge in [-0.1, -0.05) is 13.8 Å². The molecule has 1 rings (SSSR count). The van der Waals surface area contributed by atoms with Gasteiger partial charge in [0.15, 0.2) is 0 Å². The molecule has 2 heteroatoms. The Labute approximate surface area is 121 Å². The molecular weight excluding hydrogens is 232 g/mol. The first-order chi connectivity index (χ1) is 8.73. The molecule has 19 heavy (non-hydrogen) atoms. The van der Waals surface area contributed by atoms with Gasteiger partial charge in [0.1, 0.15) is 0 Å². The van der Waals surface area contributed by atoms with Crippen LogP contribution >= 0.6 is 0 Å². The van der Waals surface area contributed by atoms with E-state index in [1.54, 1.807) is 0 Å². The van der Waals surface area contributed by atoms with Crippen molar-refractivity contribution in [1.29, 1.82) is 0 Å². The van der Waals surface area contributed by atoms with E-state index >= 15 is 0 Å². The van der Waals surface area contributed by atoms with Gasteiger partial charge in [-0.15, -0.1) is 0 Å². The van der Waals surface area contributed by atoms with Crippen molar-refractivity contribution in [3.8, 4) is 0 Å². The summed E-state index contributed by atoms with van der Waals surface area (Å²) in [4.78, 5) is 2.61. The topological polar surface area (TPSA) is 15.3 Å². The predicted octanol–water partition coefficient (Wildman–Crippen LogP) is 3.91. The number of hydrogen-bond acceptors (Lipinski definition) is 2. The van der Waals surface area contributed by atoms with Gasteiger partial charge in [-0.3, -0.25) is 0 Å². The zero-order chi connectivity index (χ0) is 14.7. The largest absolute Gasteiger partial charge is 0.311 e. The Morgan fingerprint density at radius 1 is 1.16 bits per heavy atom. The molecular formula is C17H36N2. The van der Waals surface area contributed by atoms with Crippen LogP contribution in [0.15, 0.2) is 0 Å². The van der Waals surface area contributed by atoms with Crippen LogP contribution in [0.3, 0.4) is 0 Å². The highest BCUT2D eigenvalue weighted by molar-refractivity contribution is 4.90. The summed E-state index contributed by atoms with van der Waals surface area (Å²) in [6.07, 6.45) is 5.40. The third-order valence-electron chi connectivity index (χ3n) is 5.08. The smallest absolute Gasteiger partial charge is 0.00967 e. The van der Waals surface area contributed by atoms with Gasteiger partial charge in [-0.2, -0.15) is 0 Å². The molecule has 0 spiro atoms. The summed E-state index contributed by atoms with van der Waals surface area (Å²) in [5.74, 6) is 0.965. The highest BCUT2D eigenvalue weighted by atomic mass is 15.1. The summed E-state index contributed by atoms with van der Waals surface area (Å²) in [6.45, 7) is 16.3. The summed E-state index contributed by atoms with van der Waals surface area (Å²) in [5.41, 5.74) is 0.640. The third-order valence-corrected chi connectivity index (χ3v) is 5.08. The summed E-state index contributed by atoms with van der Waals surface area (Å²) in [5, 5.41) is 3.73. The Balaban J connectivity index is 2.58. The van der Waals surface area contributed by atoms with Crippen molar-refractivity contribution < 1.29 is 0 Å². The lowest BCUT2D eigenvalue weighted by Crippen LogP contribution is -2.49. The molecule has 1 aliphatic rings. The molecule has 1 atom stereocenters. The summed E-state index contributed by atoms with van der Waals surface area (Å²) >= 11 is 0. The standard InChI is InChI=1S/C17H36N2/c1-8-17(9-2,12-18-16(4,5)6)13-19(7)14(3)15-10-11-15/h14-15,18H,8-13H2,1-7H3. The molecule has 1 aliphatic carbocycles. The minimum atomic E-state index is 0.219. The van der Waals surface area contributed by atoms with Crippen molar-refractivity contribution >= 4 is 0 Å². The lowest BCUT2D eigenvalue weighted by Gasteiger charge is -2.40. The molecule has 0 radical (unpaired) electrons. The van der Waals surface area contributed by atoms with E-state index in [0.717, 1.165) is 18.5 Å². The monoisotopic (exact) mass is 268 g/mol. The van der Waals surface area contributed by atoms with Gasteiger partial charge in [0, 0.05) is 24.7 Å². The van der Waals surface area contributed by atoms with Gasteiger partial charge in [0.2, 0.25) is 0 Å². The Hall–Kier alpha value is -0.0800. The van der Waals surface area contributed by atoms with Crippen LogP contribution in [0.5, 0.6) is 0 Å². The quantitative estimate of drug-likeness (QED) is 0.718. The number of nitrogens with one attached hydrogen (secondary N) is 1. The molecule has 1 unspecified atom stereocenters. The molecule has 0 aromatic rings. The molecule has 0 aromatic carbocycles. The molecule has 0 saturated heterocycles. The molecule has 1 saturated carbocycles. The zero-order valence-corrected chi connectivity index (χ0v) is 14.3. The molecule has 0 aromatic heterocycles. The highest BCUT2D eigenvalue weighted by Crippen LogP contribution is 2.36. The first-order valence-corrected chi connectivity index (χ1v) is 8.18. The van der Waals surface area contributed by atoms with Crippen LogP contribution in [0.4, 0.5) is 0 Å². The Kier molecular flexibility index (Phi) is 5.88. The van der Waals surface area contributed by atoms with E-state index in [4.69, 9.17) is 0 Å². The number of rotatable bonds is 8. The normalized spacial score (nSPS) is 18.9. The molecule has 1 N–H and O–H groups in total. The van der Waals surface area contributed by atoms with E-state index < -0.39 is 0 Å². The molecule has 114 valence electrons. The van der Waals surface area contributed by atoms with Crippen molar-refractivity contribution in [2.24, 2.45) is 11.3 Å². The van der Waals surface area contributed by atoms with Gasteiger partial charge >= 0.3 is 0 Å². The van der Waals surface area contributed by atoms with Crippen LogP contribution in [0.25, 0.3) is 0 Å². The van der Waals surface area contributed by atoms with Crippen molar-refractivity contribution in [1.82, 2.24) is 10.2 Å². The predicted molar refractivity (Wildman–Crippen MR) is 85.6 cm³/mol. The minimum absolute atomic E-state index is 0.219. The average molecular weight is 268 g/mol. The van der Waals surface area contributed by atoms with Gasteiger partial charge in [0.05, 0.1) is 0 Å². The maximum absolute atomic E-state index is 3.73. The zero-order valence-electron chi connectivity index (χ0n) is 14.3. The van der Waals surface area contributed by atoms with Gasteiger partial charge in [-0.25, -0.2) is 0 Å². The molecule has 0 amide bonds. The van der Waals surface area contributed by atoms with E-state index in [-0.39, 0.29) is 5.54 Å². The summed E-state index contributed by atoms with van der Waals surface area (Å²) in [7, 11) is 2.32. The highest BCUT2D eigenvalue weighted by Gasteiger charge is 2.35. The van der Waals surface area contributed by atoms with E-state index in [1.165, 1.54) is 32.2 Å². The fourth-order valence-corrected chi connectivity index (χ4v) is 2.84. The SMILES string of the molecule is CCC(CC)(CNC(C)(C)C)CN(C)C(C)C1CC1. The van der Waals surface area contributed by atoms with E-state index in [9.17, 15) is 0 Å². The summed E-state index contributed by atoms with van der Waals surface area (Å²) < 4.78 is 0. The molecule has 2 nitrogen and oxygen atoms in total. The lowest BCUT2D eigenvalue weighted by atomic mass is 9.80. The second kappa shape index (κ2) is 6.58. The Bertz CT molecular complexity index is 259. The molecule has 0 bridgehead atoms. The van der Waals surface area contributed by atoms with Crippen molar-refractivity contribution in [3.63, 3.8) is 0 Å². The van der Waals surface area contributed by atoms with Crippen LogP contribution in [-0.2, 0) is 0 Å². The summed E-state index contributed by atoms with van der Waals surface area (Å²) in [6, 6.07) is 0.757. The molecule has 1 fully saturated rings. The second-order valence-electron chi connectivity index (χ2n) is 7.80. The first kappa shape index (κ1) is 17.0. The van der Waals surface area contributed by atoms with Gasteiger partial charge in [-0.05, 0) is 71.8 Å². The lowest BCUT2D eigenvalue weighted by molar-refractivity contribution is 0.112. The third kappa shape index (κ3) is 5.43. The van der Waals surface area contributed by atoms with E-state index in [2.05, 4.69) is 58.8 Å². The average Bonchev–Trinajstić information content (AvgIpc) is 3.16. The maximum Gasteiger partial charge on any atom is 0.00967 e. The second-order valence-corrected chi connectivity index (χ2v) is 7.80. The van der Waals surface area contributed by atoms with Crippen LogP contribution in [-0.4, -0.2) is 36.6 Å². The van der Waals surface area contributed by atoms with E-state index in [1.807, 2.05) is 0 Å². The molecule has 0 aliphatic heterocycles. The van der Waals surface area contributed by atoms with Crippen LogP contribution < -0.4 is 5.32 Å². The number of hydrogen-bond donors (Lipinski definition) is 1. The van der Waals surface area contributed by atoms with Gasteiger partial charge in [0.25, 0.3) is 0 Å². The molecule has 0 heterocycles.